The largest absolute Gasteiger partial charge is 0.305 e. The first-order chi connectivity index (χ1) is 12.8. The van der Waals surface area contributed by atoms with Gasteiger partial charge < -0.3 is 5.84 Å². The molecule has 0 fully saturated rings. The van der Waals surface area contributed by atoms with E-state index in [1.165, 1.54) is 6.07 Å². The number of benzene rings is 3. The van der Waals surface area contributed by atoms with Gasteiger partial charge in [-0.2, -0.15) is 8.42 Å². The van der Waals surface area contributed by atoms with Gasteiger partial charge in [0.1, 0.15) is 16.3 Å². The molecule has 0 amide bonds. The van der Waals surface area contributed by atoms with Gasteiger partial charge in [0.2, 0.25) is 0 Å². The minimum atomic E-state index is -4.50. The molecule has 0 heterocycles. The molecule has 0 aliphatic rings. The fourth-order valence-electron chi connectivity index (χ4n) is 2.44. The highest BCUT2D eigenvalue weighted by Crippen LogP contribution is 2.41. The molecule has 0 aliphatic heterocycles. The van der Waals surface area contributed by atoms with Gasteiger partial charge >= 0.3 is 0 Å². The van der Waals surface area contributed by atoms with Crippen LogP contribution in [-0.2, 0) is 10.1 Å². The summed E-state index contributed by atoms with van der Waals surface area (Å²) in [6.07, 6.45) is 0. The van der Waals surface area contributed by atoms with Crippen molar-refractivity contribution in [1.29, 1.82) is 0 Å². The van der Waals surface area contributed by atoms with Gasteiger partial charge in [-0.05, 0) is 40.2 Å². The molecular weight excluding hydrogens is 502 g/mol. The molecule has 0 unspecified atom stereocenters. The van der Waals surface area contributed by atoms with E-state index in [-0.39, 0.29) is 21.7 Å². The zero-order chi connectivity index (χ0) is 19.6. The molecule has 3 rings (SSSR count). The van der Waals surface area contributed by atoms with Crippen LogP contribution in [0, 0.1) is 0 Å². The first kappa shape index (κ1) is 19.5. The zero-order valence-corrected chi connectivity index (χ0v) is 17.4. The second-order valence-electron chi connectivity index (χ2n) is 5.27. The number of halogens is 2. The predicted molar refractivity (Wildman–Crippen MR) is 108 cm³/mol. The molecule has 0 bridgehead atoms. The van der Waals surface area contributed by atoms with Crippen LogP contribution in [0.3, 0.4) is 0 Å². The number of nitrogens with two attached hydrogens (primary N) is 1. The number of fused-ring (bicyclic) bond motifs is 1. The molecule has 3 aromatic carbocycles. The number of nitrogens with zero attached hydrogens (tertiary/aromatic N) is 4. The van der Waals surface area contributed by atoms with Crippen molar-refractivity contribution in [2.24, 2.45) is 26.4 Å². The topological polar surface area (TPSA) is 130 Å². The molecule has 3 aromatic rings. The lowest BCUT2D eigenvalue weighted by Gasteiger charge is -2.08. The molecule has 8 nitrogen and oxygen atoms in total. The van der Waals surface area contributed by atoms with Gasteiger partial charge in [0, 0.05) is 19.7 Å². The molecule has 3 N–H and O–H groups in total. The average Bonchev–Trinajstić information content (AvgIpc) is 2.61. The summed E-state index contributed by atoms with van der Waals surface area (Å²) in [4.78, 5) is -0.308. The third-order valence-electron chi connectivity index (χ3n) is 3.57. The minimum Gasteiger partial charge on any atom is -0.305 e. The monoisotopic (exact) mass is 511 g/mol. The van der Waals surface area contributed by atoms with Crippen molar-refractivity contribution in [3.8, 4) is 0 Å². The maximum atomic E-state index is 11.8. The Morgan fingerprint density at radius 3 is 2.19 bits per heavy atom. The summed E-state index contributed by atoms with van der Waals surface area (Å²) in [5.41, 5.74) is 0.832. The lowest BCUT2D eigenvalue weighted by molar-refractivity contribution is 0.484. The molecule has 0 aromatic heterocycles. The molecule has 11 heteroatoms. The summed E-state index contributed by atoms with van der Waals surface area (Å²) in [5, 5.41) is 16.1. The molecule has 0 saturated carbocycles. The fourth-order valence-corrected chi connectivity index (χ4v) is 4.28. The van der Waals surface area contributed by atoms with Crippen LogP contribution in [-0.4, -0.2) is 13.0 Å². The van der Waals surface area contributed by atoms with E-state index in [1.54, 1.807) is 42.5 Å². The van der Waals surface area contributed by atoms with Gasteiger partial charge in [0.05, 0.1) is 5.69 Å². The lowest BCUT2D eigenvalue weighted by atomic mass is 10.1. The van der Waals surface area contributed by atoms with Crippen LogP contribution >= 0.6 is 31.9 Å². The van der Waals surface area contributed by atoms with E-state index in [0.717, 1.165) is 4.47 Å². The molecule has 0 aliphatic carbocycles. The van der Waals surface area contributed by atoms with Crippen LogP contribution in [0.2, 0.25) is 0 Å². The van der Waals surface area contributed by atoms with E-state index >= 15 is 0 Å². The molecule has 0 spiro atoms. The Hall–Kier alpha value is -2.21. The van der Waals surface area contributed by atoms with E-state index in [2.05, 4.69) is 52.4 Å². The van der Waals surface area contributed by atoms with E-state index < -0.39 is 10.1 Å². The summed E-state index contributed by atoms with van der Waals surface area (Å²) in [5.74, 6) is 5.20. The standard InChI is InChI=1S/C16H11Br2N5O3S/c17-9-5-6-13(12(18)7-9)20-21-14-8-15(27(24,25)26)10-3-1-2-4-11(10)16(14)22-23-19/h1-8H,(H2,19,22)(H,24,25,26). The summed E-state index contributed by atoms with van der Waals surface area (Å²) in [7, 11) is -4.50. The summed E-state index contributed by atoms with van der Waals surface area (Å²) in [6, 6.07) is 13.0. The Balaban J connectivity index is 2.28. The fraction of sp³-hybridized carbons (Fsp3) is 0. The van der Waals surface area contributed by atoms with Crippen molar-refractivity contribution in [1.82, 2.24) is 0 Å². The third kappa shape index (κ3) is 4.21. The van der Waals surface area contributed by atoms with Gasteiger partial charge in [-0.1, -0.05) is 45.4 Å². The van der Waals surface area contributed by atoms with Gasteiger partial charge in [-0.25, -0.2) is 0 Å². The van der Waals surface area contributed by atoms with Gasteiger partial charge in [0.25, 0.3) is 10.1 Å². The van der Waals surface area contributed by atoms with E-state index in [0.29, 0.717) is 15.5 Å². The van der Waals surface area contributed by atoms with Crippen LogP contribution in [0.1, 0.15) is 0 Å². The summed E-state index contributed by atoms with van der Waals surface area (Å²) in [6.45, 7) is 0. The summed E-state index contributed by atoms with van der Waals surface area (Å²) >= 11 is 6.72. The SMILES string of the molecule is NN=Nc1c(N=Nc2ccc(Br)cc2Br)cc(S(=O)(=O)O)c2ccccc12. The van der Waals surface area contributed by atoms with E-state index in [4.69, 9.17) is 5.84 Å². The second-order valence-corrected chi connectivity index (χ2v) is 8.43. The Morgan fingerprint density at radius 1 is 0.889 bits per heavy atom. The maximum Gasteiger partial charge on any atom is 0.295 e. The molecular formula is C16H11Br2N5O3S. The second kappa shape index (κ2) is 7.80. The van der Waals surface area contributed by atoms with Crippen molar-refractivity contribution in [3.63, 3.8) is 0 Å². The highest BCUT2D eigenvalue weighted by molar-refractivity contribution is 9.11. The molecule has 138 valence electrons. The van der Waals surface area contributed by atoms with Crippen LogP contribution in [0.5, 0.6) is 0 Å². The molecule has 27 heavy (non-hydrogen) atoms. The van der Waals surface area contributed by atoms with Crippen LogP contribution in [0.25, 0.3) is 10.8 Å². The third-order valence-corrected chi connectivity index (χ3v) is 5.59. The van der Waals surface area contributed by atoms with E-state index in [1.807, 2.05) is 0 Å². The Bertz CT molecular complexity index is 1200. The van der Waals surface area contributed by atoms with Crippen LogP contribution in [0.4, 0.5) is 17.1 Å². The molecule has 0 saturated heterocycles. The number of hydrogen-bond acceptors (Lipinski definition) is 6. The van der Waals surface area contributed by atoms with Gasteiger partial charge in [0.15, 0.2) is 0 Å². The first-order valence-corrected chi connectivity index (χ1v) is 10.3. The number of azo groups is 1. The molecule has 0 atom stereocenters. The highest BCUT2D eigenvalue weighted by Gasteiger charge is 2.19. The summed E-state index contributed by atoms with van der Waals surface area (Å²) < 4.78 is 34.8. The molecule has 0 radical (unpaired) electrons. The van der Waals surface area contributed by atoms with Crippen molar-refractivity contribution in [2.75, 3.05) is 0 Å². The Morgan fingerprint density at radius 2 is 1.56 bits per heavy atom. The highest BCUT2D eigenvalue weighted by atomic mass is 79.9. The van der Waals surface area contributed by atoms with Crippen molar-refractivity contribution < 1.29 is 13.0 Å². The van der Waals surface area contributed by atoms with Crippen molar-refractivity contribution in [3.05, 3.63) is 57.5 Å². The van der Waals surface area contributed by atoms with E-state index in [9.17, 15) is 13.0 Å². The number of hydrogen-bond donors (Lipinski definition) is 2. The predicted octanol–water partition coefficient (Wildman–Crippen LogP) is 5.98. The Kier molecular flexibility index (Phi) is 5.65. The lowest BCUT2D eigenvalue weighted by Crippen LogP contribution is -1.99. The van der Waals surface area contributed by atoms with Gasteiger partial charge in [-0.15, -0.1) is 15.3 Å². The van der Waals surface area contributed by atoms with Gasteiger partial charge in [-0.3, -0.25) is 4.55 Å². The first-order valence-electron chi connectivity index (χ1n) is 7.32. The van der Waals surface area contributed by atoms with Crippen molar-refractivity contribution >= 4 is 69.8 Å². The Labute approximate surface area is 171 Å². The van der Waals surface area contributed by atoms with Crippen LogP contribution in [0.15, 0.2) is 82.9 Å². The minimum absolute atomic E-state index is 0.0883. The smallest absolute Gasteiger partial charge is 0.295 e. The number of rotatable bonds is 4. The zero-order valence-electron chi connectivity index (χ0n) is 13.4. The van der Waals surface area contributed by atoms with Crippen LogP contribution < -0.4 is 5.84 Å². The maximum absolute atomic E-state index is 11.8. The normalized spacial score (nSPS) is 12.4. The quantitative estimate of drug-likeness (QED) is 0.192. The average molecular weight is 513 g/mol. The van der Waals surface area contributed by atoms with Crippen molar-refractivity contribution in [2.45, 2.75) is 4.90 Å².